The van der Waals surface area contributed by atoms with Crippen molar-refractivity contribution in [2.45, 2.75) is 18.2 Å². The third-order valence-corrected chi connectivity index (χ3v) is 5.16. The Morgan fingerprint density at radius 2 is 2.17 bits per heavy atom. The average molecular weight is 353 g/mol. The first kappa shape index (κ1) is 15.7. The molecule has 0 bridgehead atoms. The van der Waals surface area contributed by atoms with Crippen molar-refractivity contribution in [2.24, 2.45) is 0 Å². The Morgan fingerprint density at radius 3 is 2.67 bits per heavy atom. The molecule has 6 heteroatoms. The summed E-state index contributed by atoms with van der Waals surface area (Å²) < 4.78 is 27.0. The Balaban J connectivity index is 3.21. The fourth-order valence-corrected chi connectivity index (χ4v) is 4.04. The maximum atomic E-state index is 12.4. The first-order chi connectivity index (χ1) is 8.43. The lowest BCUT2D eigenvalue weighted by Gasteiger charge is -2.20. The van der Waals surface area contributed by atoms with Crippen LogP contribution in [0.1, 0.15) is 13.3 Å². The van der Waals surface area contributed by atoms with E-state index in [1.807, 2.05) is 6.92 Å². The van der Waals surface area contributed by atoms with Crippen LogP contribution < -0.4 is 0 Å². The molecule has 0 heterocycles. The van der Waals surface area contributed by atoms with Gasteiger partial charge in [-0.2, -0.15) is 4.31 Å². The van der Waals surface area contributed by atoms with E-state index in [1.165, 1.54) is 10.4 Å². The predicted molar refractivity (Wildman–Crippen MR) is 78.4 cm³/mol. The molecule has 0 aromatic heterocycles. The number of benzene rings is 1. The monoisotopic (exact) mass is 351 g/mol. The van der Waals surface area contributed by atoms with Crippen LogP contribution in [0.15, 0.2) is 40.2 Å². The Hall–Kier alpha value is -0.360. The van der Waals surface area contributed by atoms with Gasteiger partial charge in [0, 0.05) is 17.6 Å². The van der Waals surface area contributed by atoms with Crippen LogP contribution in [-0.4, -0.2) is 25.8 Å². The molecule has 3 nitrogen and oxygen atoms in total. The van der Waals surface area contributed by atoms with E-state index < -0.39 is 10.0 Å². The van der Waals surface area contributed by atoms with Crippen LogP contribution in [0.4, 0.5) is 0 Å². The Labute approximate surface area is 122 Å². The number of halogens is 2. The Kier molecular flexibility index (Phi) is 5.85. The molecule has 0 fully saturated rings. The summed E-state index contributed by atoms with van der Waals surface area (Å²) in [5.41, 5.74) is 0. The van der Waals surface area contributed by atoms with E-state index >= 15 is 0 Å². The van der Waals surface area contributed by atoms with Gasteiger partial charge in [0.25, 0.3) is 0 Å². The summed E-state index contributed by atoms with van der Waals surface area (Å²) in [6.07, 6.45) is 2.31. The molecule has 0 N–H and O–H groups in total. The zero-order valence-corrected chi connectivity index (χ0v) is 13.2. The van der Waals surface area contributed by atoms with Gasteiger partial charge in [-0.05, 0) is 24.6 Å². The van der Waals surface area contributed by atoms with Crippen LogP contribution >= 0.6 is 27.5 Å². The van der Waals surface area contributed by atoms with Gasteiger partial charge in [-0.25, -0.2) is 8.42 Å². The van der Waals surface area contributed by atoms with Crippen LogP contribution in [0, 0.1) is 0 Å². The molecule has 100 valence electrons. The summed E-state index contributed by atoms with van der Waals surface area (Å²) in [5, 5.41) is 0.217. The third-order valence-electron chi connectivity index (χ3n) is 2.32. The number of hydrogen-bond acceptors (Lipinski definition) is 2. The fourth-order valence-electron chi connectivity index (χ4n) is 1.53. The molecule has 0 saturated heterocycles. The smallest absolute Gasteiger partial charge is 0.207 e. The molecule has 0 unspecified atom stereocenters. The summed E-state index contributed by atoms with van der Waals surface area (Å²) in [6.45, 7) is 6.23. The molecule has 0 spiro atoms. The van der Waals surface area contributed by atoms with Crippen LogP contribution in [0.5, 0.6) is 0 Å². The Morgan fingerprint density at radius 1 is 1.50 bits per heavy atom. The maximum absolute atomic E-state index is 12.4. The highest BCUT2D eigenvalue weighted by atomic mass is 79.9. The molecule has 0 aliphatic rings. The molecule has 0 amide bonds. The third kappa shape index (κ3) is 3.57. The largest absolute Gasteiger partial charge is 0.244 e. The number of hydrogen-bond donors (Lipinski definition) is 0. The zero-order valence-electron chi connectivity index (χ0n) is 10.1. The van der Waals surface area contributed by atoms with Gasteiger partial charge in [-0.1, -0.05) is 40.5 Å². The summed E-state index contributed by atoms with van der Waals surface area (Å²) in [7, 11) is -3.56. The van der Waals surface area contributed by atoms with E-state index in [2.05, 4.69) is 22.5 Å². The summed E-state index contributed by atoms with van der Waals surface area (Å²) in [6, 6.07) is 4.75. The second-order valence-electron chi connectivity index (χ2n) is 3.73. The normalized spacial score (nSPS) is 11.8. The van der Waals surface area contributed by atoms with Crippen LogP contribution in [-0.2, 0) is 10.0 Å². The van der Waals surface area contributed by atoms with Gasteiger partial charge >= 0.3 is 0 Å². The second-order valence-corrected chi connectivity index (χ2v) is 6.96. The van der Waals surface area contributed by atoms with Gasteiger partial charge < -0.3 is 0 Å². The van der Waals surface area contributed by atoms with Crippen molar-refractivity contribution in [1.82, 2.24) is 4.31 Å². The summed E-state index contributed by atoms with van der Waals surface area (Å²) >= 11 is 9.25. The standard InChI is InChI=1S/C12H15BrClNO2S/c1-3-7-15(8-4-2)18(16,17)12-6-5-10(13)9-11(12)14/h3,5-6,9H,1,4,7-8H2,2H3. The molecule has 0 saturated carbocycles. The van der Waals surface area contributed by atoms with Gasteiger partial charge in [0.15, 0.2) is 0 Å². The number of sulfonamides is 1. The van der Waals surface area contributed by atoms with E-state index in [4.69, 9.17) is 11.6 Å². The van der Waals surface area contributed by atoms with Gasteiger partial charge in [-0.15, -0.1) is 6.58 Å². The van der Waals surface area contributed by atoms with E-state index in [1.54, 1.807) is 18.2 Å². The topological polar surface area (TPSA) is 37.4 Å². The first-order valence-electron chi connectivity index (χ1n) is 5.49. The number of nitrogens with zero attached hydrogens (tertiary/aromatic N) is 1. The van der Waals surface area contributed by atoms with Crippen molar-refractivity contribution in [3.05, 3.63) is 40.3 Å². The summed E-state index contributed by atoms with van der Waals surface area (Å²) in [4.78, 5) is 0.127. The minimum atomic E-state index is -3.56. The van der Waals surface area contributed by atoms with Crippen LogP contribution in [0.2, 0.25) is 5.02 Å². The lowest BCUT2D eigenvalue weighted by molar-refractivity contribution is 0.441. The van der Waals surface area contributed by atoms with E-state index in [0.717, 1.165) is 10.9 Å². The lowest BCUT2D eigenvalue weighted by Crippen LogP contribution is -2.32. The zero-order chi connectivity index (χ0) is 13.8. The molecule has 0 radical (unpaired) electrons. The van der Waals surface area contributed by atoms with Crippen molar-refractivity contribution in [1.29, 1.82) is 0 Å². The lowest BCUT2D eigenvalue weighted by atomic mass is 10.4. The molecular weight excluding hydrogens is 338 g/mol. The molecule has 18 heavy (non-hydrogen) atoms. The molecule has 0 aliphatic carbocycles. The van der Waals surface area contributed by atoms with E-state index in [0.29, 0.717) is 6.54 Å². The number of rotatable bonds is 6. The van der Waals surface area contributed by atoms with Crippen molar-refractivity contribution in [3.63, 3.8) is 0 Å². The highest BCUT2D eigenvalue weighted by Crippen LogP contribution is 2.27. The van der Waals surface area contributed by atoms with Gasteiger partial charge in [0.05, 0.1) is 5.02 Å². The minimum absolute atomic E-state index is 0.127. The second kappa shape index (κ2) is 6.70. The highest BCUT2D eigenvalue weighted by Gasteiger charge is 2.25. The van der Waals surface area contributed by atoms with E-state index in [-0.39, 0.29) is 16.5 Å². The van der Waals surface area contributed by atoms with Crippen LogP contribution in [0.3, 0.4) is 0 Å². The molecule has 0 atom stereocenters. The fraction of sp³-hybridized carbons (Fsp3) is 0.333. The van der Waals surface area contributed by atoms with E-state index in [9.17, 15) is 8.42 Å². The quantitative estimate of drug-likeness (QED) is 0.732. The molecule has 1 rings (SSSR count). The molecular formula is C12H15BrClNO2S. The SMILES string of the molecule is C=CCN(CCC)S(=O)(=O)c1ccc(Br)cc1Cl. The minimum Gasteiger partial charge on any atom is -0.207 e. The molecule has 0 aliphatic heterocycles. The Bertz CT molecular complexity index is 531. The first-order valence-corrected chi connectivity index (χ1v) is 8.10. The van der Waals surface area contributed by atoms with Gasteiger partial charge in [0.1, 0.15) is 4.90 Å². The predicted octanol–water partition coefficient (Wildman–Crippen LogP) is 3.69. The average Bonchev–Trinajstić information content (AvgIpc) is 2.28. The van der Waals surface area contributed by atoms with Crippen LogP contribution in [0.25, 0.3) is 0 Å². The highest BCUT2D eigenvalue weighted by molar-refractivity contribution is 9.10. The van der Waals surface area contributed by atoms with Gasteiger partial charge in [0.2, 0.25) is 10.0 Å². The maximum Gasteiger partial charge on any atom is 0.244 e. The van der Waals surface area contributed by atoms with Crippen molar-refractivity contribution in [2.75, 3.05) is 13.1 Å². The van der Waals surface area contributed by atoms with Crippen molar-refractivity contribution < 1.29 is 8.42 Å². The van der Waals surface area contributed by atoms with Crippen molar-refractivity contribution in [3.8, 4) is 0 Å². The van der Waals surface area contributed by atoms with Gasteiger partial charge in [-0.3, -0.25) is 0 Å². The summed E-state index contributed by atoms with van der Waals surface area (Å²) in [5.74, 6) is 0. The molecule has 1 aromatic carbocycles. The molecule has 1 aromatic rings. The van der Waals surface area contributed by atoms with Crippen molar-refractivity contribution >= 4 is 37.6 Å².